The van der Waals surface area contributed by atoms with Crippen molar-refractivity contribution in [1.29, 1.82) is 0 Å². The van der Waals surface area contributed by atoms with E-state index < -0.39 is 11.9 Å². The molecule has 2 bridgehead atoms. The van der Waals surface area contributed by atoms with Gasteiger partial charge in [0, 0.05) is 6.04 Å². The number of nitrogens with one attached hydrogen (secondary N) is 1. The number of rotatable bonds is 3. The Balaban J connectivity index is 1.72. The molecule has 106 valence electrons. The Morgan fingerprint density at radius 1 is 0.842 bits per heavy atom. The molecule has 1 amide bonds. The first-order valence-corrected chi connectivity index (χ1v) is 7.70. The first-order chi connectivity index (χ1) is 9.16. The van der Waals surface area contributed by atoms with Gasteiger partial charge in [-0.05, 0) is 50.4 Å². The van der Waals surface area contributed by atoms with Gasteiger partial charge in [-0.3, -0.25) is 9.59 Å². The fraction of sp³-hybridized carbons (Fsp3) is 0.867. The Kier molecular flexibility index (Phi) is 3.50. The lowest BCUT2D eigenvalue weighted by Gasteiger charge is -2.46. The highest BCUT2D eigenvalue weighted by Crippen LogP contribution is 2.49. The van der Waals surface area contributed by atoms with Gasteiger partial charge in [-0.25, -0.2) is 0 Å². The summed E-state index contributed by atoms with van der Waals surface area (Å²) in [4.78, 5) is 24.0. The van der Waals surface area contributed by atoms with Crippen LogP contribution in [0.1, 0.15) is 51.4 Å². The van der Waals surface area contributed by atoms with Crippen LogP contribution in [0.5, 0.6) is 0 Å². The molecule has 0 spiro atoms. The van der Waals surface area contributed by atoms with Crippen molar-refractivity contribution in [3.63, 3.8) is 0 Å². The smallest absolute Gasteiger partial charge is 0.307 e. The molecule has 0 aromatic rings. The Morgan fingerprint density at radius 2 is 1.37 bits per heavy atom. The second-order valence-electron chi connectivity index (χ2n) is 6.55. The molecule has 0 aliphatic heterocycles. The van der Waals surface area contributed by atoms with E-state index in [-0.39, 0.29) is 17.7 Å². The first-order valence-electron chi connectivity index (χ1n) is 7.70. The number of aliphatic carboxylic acids is 1. The van der Waals surface area contributed by atoms with Crippen LogP contribution >= 0.6 is 0 Å². The zero-order valence-corrected chi connectivity index (χ0v) is 11.3. The van der Waals surface area contributed by atoms with Gasteiger partial charge in [-0.1, -0.05) is 12.8 Å². The van der Waals surface area contributed by atoms with Crippen LogP contribution in [-0.2, 0) is 9.59 Å². The summed E-state index contributed by atoms with van der Waals surface area (Å²) < 4.78 is 0. The van der Waals surface area contributed by atoms with Crippen molar-refractivity contribution in [2.24, 2.45) is 23.7 Å². The van der Waals surface area contributed by atoms with Gasteiger partial charge in [0.25, 0.3) is 0 Å². The highest BCUT2D eigenvalue weighted by molar-refractivity contribution is 5.85. The van der Waals surface area contributed by atoms with Crippen LogP contribution in [0.15, 0.2) is 0 Å². The van der Waals surface area contributed by atoms with Crippen molar-refractivity contribution in [3.05, 3.63) is 0 Å². The predicted molar refractivity (Wildman–Crippen MR) is 70.5 cm³/mol. The summed E-state index contributed by atoms with van der Waals surface area (Å²) in [5.41, 5.74) is 0. The maximum absolute atomic E-state index is 12.5. The number of carboxylic acid groups (broad SMARTS) is 1. The van der Waals surface area contributed by atoms with Crippen molar-refractivity contribution in [2.75, 3.05) is 0 Å². The number of fused-ring (bicyclic) bond motifs is 3. The van der Waals surface area contributed by atoms with Crippen LogP contribution in [0, 0.1) is 23.7 Å². The van der Waals surface area contributed by atoms with Gasteiger partial charge in [0.05, 0.1) is 11.8 Å². The topological polar surface area (TPSA) is 66.4 Å². The van der Waals surface area contributed by atoms with Gasteiger partial charge in [0.2, 0.25) is 5.91 Å². The number of hydrogen-bond donors (Lipinski definition) is 2. The van der Waals surface area contributed by atoms with E-state index in [9.17, 15) is 14.7 Å². The van der Waals surface area contributed by atoms with Crippen LogP contribution in [0.25, 0.3) is 0 Å². The number of carbonyl (C=O) groups excluding carboxylic acids is 1. The molecule has 0 aromatic heterocycles. The van der Waals surface area contributed by atoms with Crippen molar-refractivity contribution in [1.82, 2.24) is 5.32 Å². The normalized spacial score (nSPS) is 38.3. The summed E-state index contributed by atoms with van der Waals surface area (Å²) in [6, 6.07) is 0.294. The van der Waals surface area contributed by atoms with Crippen LogP contribution in [0.3, 0.4) is 0 Å². The summed E-state index contributed by atoms with van der Waals surface area (Å²) in [5, 5.41) is 12.6. The van der Waals surface area contributed by atoms with Crippen LogP contribution in [-0.4, -0.2) is 23.0 Å². The molecule has 4 fully saturated rings. The quantitative estimate of drug-likeness (QED) is 0.822. The van der Waals surface area contributed by atoms with Gasteiger partial charge in [0.1, 0.15) is 0 Å². The lowest BCUT2D eigenvalue weighted by molar-refractivity contribution is -0.158. The third kappa shape index (κ3) is 2.37. The Morgan fingerprint density at radius 3 is 1.89 bits per heavy atom. The minimum atomic E-state index is -0.763. The molecule has 4 rings (SSSR count). The molecule has 0 heterocycles. The lowest BCUT2D eigenvalue weighted by Crippen LogP contribution is -2.52. The third-order valence-corrected chi connectivity index (χ3v) is 5.51. The SMILES string of the molecule is O=C(NC1CCCC1)[C@@H]1C2CCC(CC2)[C@@H]1C(=O)O. The molecule has 4 aliphatic rings. The van der Waals surface area contributed by atoms with E-state index in [0.717, 1.165) is 38.5 Å². The Labute approximate surface area is 113 Å². The van der Waals surface area contributed by atoms with Crippen molar-refractivity contribution >= 4 is 11.9 Å². The molecular weight excluding hydrogens is 242 g/mol. The molecular formula is C15H23NO3. The molecule has 0 unspecified atom stereocenters. The van der Waals surface area contributed by atoms with E-state index in [1.165, 1.54) is 12.8 Å². The fourth-order valence-corrected chi connectivity index (χ4v) is 4.55. The zero-order valence-electron chi connectivity index (χ0n) is 11.3. The summed E-state index contributed by atoms with van der Waals surface area (Å²) in [5.74, 6) is -0.927. The maximum Gasteiger partial charge on any atom is 0.307 e. The molecule has 2 atom stereocenters. The summed E-state index contributed by atoms with van der Waals surface area (Å²) >= 11 is 0. The lowest BCUT2D eigenvalue weighted by atomic mass is 9.58. The second kappa shape index (κ2) is 5.14. The van der Waals surface area contributed by atoms with Gasteiger partial charge < -0.3 is 10.4 Å². The molecule has 4 heteroatoms. The minimum absolute atomic E-state index is 0.0219. The van der Waals surface area contributed by atoms with E-state index in [1.54, 1.807) is 0 Å². The number of carbonyl (C=O) groups is 2. The fourth-order valence-electron chi connectivity index (χ4n) is 4.55. The predicted octanol–water partition coefficient (Wildman–Crippen LogP) is 2.18. The van der Waals surface area contributed by atoms with E-state index in [0.29, 0.717) is 12.0 Å². The van der Waals surface area contributed by atoms with Gasteiger partial charge in [0.15, 0.2) is 0 Å². The summed E-state index contributed by atoms with van der Waals surface area (Å²) in [6.45, 7) is 0. The van der Waals surface area contributed by atoms with Crippen LogP contribution < -0.4 is 5.32 Å². The van der Waals surface area contributed by atoms with Crippen LogP contribution in [0.4, 0.5) is 0 Å². The van der Waals surface area contributed by atoms with Crippen molar-refractivity contribution in [2.45, 2.75) is 57.4 Å². The molecule has 19 heavy (non-hydrogen) atoms. The Hall–Kier alpha value is -1.06. The molecule has 4 nitrogen and oxygen atoms in total. The molecule has 0 radical (unpaired) electrons. The van der Waals surface area contributed by atoms with E-state index in [4.69, 9.17) is 0 Å². The van der Waals surface area contributed by atoms with E-state index >= 15 is 0 Å². The zero-order chi connectivity index (χ0) is 13.4. The summed E-state index contributed by atoms with van der Waals surface area (Å²) in [7, 11) is 0. The van der Waals surface area contributed by atoms with Gasteiger partial charge in [-0.2, -0.15) is 0 Å². The average molecular weight is 265 g/mol. The second-order valence-corrected chi connectivity index (χ2v) is 6.55. The standard InChI is InChI=1S/C15H23NO3/c17-14(16-11-3-1-2-4-11)12-9-5-7-10(8-6-9)13(12)15(18)19/h9-13H,1-8H2,(H,16,17)(H,18,19)/t9?,10?,12-,13+/m1/s1. The van der Waals surface area contributed by atoms with Crippen molar-refractivity contribution < 1.29 is 14.7 Å². The molecule has 0 saturated heterocycles. The first kappa shape index (κ1) is 12.9. The number of amides is 1. The minimum Gasteiger partial charge on any atom is -0.481 e. The van der Waals surface area contributed by atoms with Gasteiger partial charge in [-0.15, -0.1) is 0 Å². The monoisotopic (exact) mass is 265 g/mol. The summed E-state index contributed by atoms with van der Waals surface area (Å²) in [6.07, 6.45) is 8.56. The van der Waals surface area contributed by atoms with Gasteiger partial charge >= 0.3 is 5.97 Å². The molecule has 4 saturated carbocycles. The largest absolute Gasteiger partial charge is 0.481 e. The molecule has 2 N–H and O–H groups in total. The molecule has 4 aliphatic carbocycles. The number of carboxylic acids is 1. The van der Waals surface area contributed by atoms with Crippen molar-refractivity contribution in [3.8, 4) is 0 Å². The van der Waals surface area contributed by atoms with E-state index in [1.807, 2.05) is 0 Å². The van der Waals surface area contributed by atoms with E-state index in [2.05, 4.69) is 5.32 Å². The molecule has 0 aromatic carbocycles. The highest BCUT2D eigenvalue weighted by Gasteiger charge is 2.50. The highest BCUT2D eigenvalue weighted by atomic mass is 16.4. The third-order valence-electron chi connectivity index (χ3n) is 5.51. The number of hydrogen-bond acceptors (Lipinski definition) is 2. The maximum atomic E-state index is 12.5. The van der Waals surface area contributed by atoms with Crippen LogP contribution in [0.2, 0.25) is 0 Å². The average Bonchev–Trinajstić information content (AvgIpc) is 2.91. The Bertz CT molecular complexity index is 368.